The van der Waals surface area contributed by atoms with Crippen LogP contribution in [0.15, 0.2) is 30.5 Å². The Kier molecular flexibility index (Phi) is 4.21. The number of piperidine rings is 1. The maximum atomic E-state index is 12.8. The maximum Gasteiger partial charge on any atom is 0.266 e. The standard InChI is InChI=1S/C16H15ClF2N2O2/c17-10-1-2-11-12(3-6-20-13(11)9-10)14(22)21-7-4-16(23,5-8-21)15(18)19/h1-3,6,9,15,23H,4-5,7-8H2. The van der Waals surface area contributed by atoms with Gasteiger partial charge in [0.25, 0.3) is 12.3 Å². The largest absolute Gasteiger partial charge is 0.384 e. The van der Waals surface area contributed by atoms with Crippen molar-refractivity contribution >= 4 is 28.4 Å². The fourth-order valence-electron chi connectivity index (χ4n) is 2.79. The van der Waals surface area contributed by atoms with Crippen molar-refractivity contribution in [2.45, 2.75) is 24.9 Å². The Bertz CT molecular complexity index is 746. The lowest BCUT2D eigenvalue weighted by Gasteiger charge is -2.37. The quantitative estimate of drug-likeness (QED) is 0.914. The van der Waals surface area contributed by atoms with E-state index in [2.05, 4.69) is 4.98 Å². The predicted molar refractivity (Wildman–Crippen MR) is 82.8 cm³/mol. The zero-order valence-electron chi connectivity index (χ0n) is 12.2. The molecule has 0 spiro atoms. The van der Waals surface area contributed by atoms with Crippen LogP contribution in [0.4, 0.5) is 8.78 Å². The van der Waals surface area contributed by atoms with Crippen molar-refractivity contribution in [2.24, 2.45) is 0 Å². The van der Waals surface area contributed by atoms with Gasteiger partial charge in [0.05, 0.1) is 11.1 Å². The van der Waals surface area contributed by atoms with Crippen LogP contribution >= 0.6 is 11.6 Å². The number of alkyl halides is 2. The Hall–Kier alpha value is -1.79. The molecule has 122 valence electrons. The second-order valence-electron chi connectivity index (χ2n) is 5.72. The smallest absolute Gasteiger partial charge is 0.266 e. The molecule has 1 N–H and O–H groups in total. The van der Waals surface area contributed by atoms with Gasteiger partial charge >= 0.3 is 0 Å². The number of rotatable bonds is 2. The lowest BCUT2D eigenvalue weighted by molar-refractivity contribution is -0.122. The third-order valence-corrected chi connectivity index (χ3v) is 4.49. The first-order chi connectivity index (χ1) is 10.9. The Morgan fingerprint density at radius 1 is 1.30 bits per heavy atom. The van der Waals surface area contributed by atoms with Crippen LogP contribution in [0.25, 0.3) is 10.9 Å². The van der Waals surface area contributed by atoms with Crippen molar-refractivity contribution < 1.29 is 18.7 Å². The van der Waals surface area contributed by atoms with Gasteiger partial charge in [-0.05, 0) is 31.0 Å². The number of hydrogen-bond acceptors (Lipinski definition) is 3. The number of fused-ring (bicyclic) bond motifs is 1. The van der Waals surface area contributed by atoms with Crippen LogP contribution in [0.3, 0.4) is 0 Å². The van der Waals surface area contributed by atoms with E-state index in [9.17, 15) is 18.7 Å². The highest BCUT2D eigenvalue weighted by atomic mass is 35.5. The third kappa shape index (κ3) is 3.01. The molecule has 7 heteroatoms. The van der Waals surface area contributed by atoms with Crippen molar-refractivity contribution in [1.29, 1.82) is 0 Å². The number of benzene rings is 1. The van der Waals surface area contributed by atoms with Crippen molar-refractivity contribution in [1.82, 2.24) is 9.88 Å². The molecule has 0 unspecified atom stereocenters. The zero-order chi connectivity index (χ0) is 16.6. The minimum Gasteiger partial charge on any atom is -0.384 e. The highest BCUT2D eigenvalue weighted by Crippen LogP contribution is 2.30. The summed E-state index contributed by atoms with van der Waals surface area (Å²) in [7, 11) is 0. The Balaban J connectivity index is 1.85. The number of nitrogens with zero attached hydrogens (tertiary/aromatic N) is 2. The van der Waals surface area contributed by atoms with Crippen LogP contribution in [-0.4, -0.2) is 46.0 Å². The molecule has 0 aliphatic carbocycles. The molecule has 0 radical (unpaired) electrons. The van der Waals surface area contributed by atoms with Gasteiger partial charge in [0.2, 0.25) is 0 Å². The second kappa shape index (κ2) is 6.02. The first-order valence-corrected chi connectivity index (χ1v) is 7.62. The topological polar surface area (TPSA) is 53.4 Å². The fourth-order valence-corrected chi connectivity index (χ4v) is 2.96. The van der Waals surface area contributed by atoms with E-state index in [0.717, 1.165) is 0 Å². The summed E-state index contributed by atoms with van der Waals surface area (Å²) in [4.78, 5) is 18.3. The van der Waals surface area contributed by atoms with Crippen LogP contribution in [-0.2, 0) is 0 Å². The number of carbonyl (C=O) groups excluding carboxylic acids is 1. The predicted octanol–water partition coefficient (Wildman–Crippen LogP) is 3.12. The van der Waals surface area contributed by atoms with Crippen LogP contribution in [0, 0.1) is 0 Å². The summed E-state index contributed by atoms with van der Waals surface area (Å²) in [6.45, 7) is 0.189. The number of carbonyl (C=O) groups is 1. The molecule has 0 atom stereocenters. The molecule has 1 aliphatic rings. The molecule has 1 aliphatic heterocycles. The second-order valence-corrected chi connectivity index (χ2v) is 6.15. The van der Waals surface area contributed by atoms with Crippen LogP contribution < -0.4 is 0 Å². The summed E-state index contributed by atoms with van der Waals surface area (Å²) >= 11 is 5.93. The van der Waals surface area contributed by atoms with Gasteiger partial charge in [-0.25, -0.2) is 8.78 Å². The number of likely N-dealkylation sites (tertiary alicyclic amines) is 1. The van der Waals surface area contributed by atoms with Gasteiger partial charge in [0, 0.05) is 29.7 Å². The molecule has 0 bridgehead atoms. The summed E-state index contributed by atoms with van der Waals surface area (Å²) in [5.41, 5.74) is -0.941. The maximum absolute atomic E-state index is 12.8. The Morgan fingerprint density at radius 3 is 2.65 bits per heavy atom. The Labute approximate surface area is 136 Å². The van der Waals surface area contributed by atoms with E-state index < -0.39 is 12.0 Å². The van der Waals surface area contributed by atoms with Gasteiger partial charge in [-0.1, -0.05) is 17.7 Å². The summed E-state index contributed by atoms with van der Waals surface area (Å²) in [5, 5.41) is 11.0. The summed E-state index contributed by atoms with van der Waals surface area (Å²) in [6, 6.07) is 6.66. The summed E-state index contributed by atoms with van der Waals surface area (Å²) < 4.78 is 25.7. The van der Waals surface area contributed by atoms with Crippen molar-refractivity contribution in [3.8, 4) is 0 Å². The number of amides is 1. The number of aromatic nitrogens is 1. The highest BCUT2D eigenvalue weighted by Gasteiger charge is 2.41. The molecular weight excluding hydrogens is 326 g/mol. The summed E-state index contributed by atoms with van der Waals surface area (Å²) in [6.07, 6.45) is -1.55. The molecule has 1 fully saturated rings. The van der Waals surface area contributed by atoms with Crippen molar-refractivity contribution in [2.75, 3.05) is 13.1 Å². The molecule has 4 nitrogen and oxygen atoms in total. The number of pyridine rings is 1. The number of hydrogen-bond donors (Lipinski definition) is 1. The molecule has 2 aromatic rings. The van der Waals surface area contributed by atoms with Gasteiger partial charge in [0.15, 0.2) is 0 Å². The summed E-state index contributed by atoms with van der Waals surface area (Å²) in [5.74, 6) is -0.254. The van der Waals surface area contributed by atoms with Gasteiger partial charge in [-0.2, -0.15) is 0 Å². The van der Waals surface area contributed by atoms with Gasteiger partial charge < -0.3 is 10.0 Å². The monoisotopic (exact) mass is 340 g/mol. The van der Waals surface area contributed by atoms with E-state index in [0.29, 0.717) is 21.5 Å². The molecule has 23 heavy (non-hydrogen) atoms. The minimum absolute atomic E-state index is 0.0943. The van der Waals surface area contributed by atoms with E-state index in [1.54, 1.807) is 24.3 Å². The number of aliphatic hydroxyl groups is 1. The third-order valence-electron chi connectivity index (χ3n) is 4.26. The first kappa shape index (κ1) is 16.1. The molecule has 1 saturated heterocycles. The molecular formula is C16H15ClF2N2O2. The van der Waals surface area contributed by atoms with Crippen molar-refractivity contribution in [3.05, 3.63) is 41.0 Å². The molecule has 2 heterocycles. The van der Waals surface area contributed by atoms with Gasteiger partial charge in [-0.3, -0.25) is 9.78 Å². The van der Waals surface area contributed by atoms with E-state index in [1.807, 2.05) is 0 Å². The lowest BCUT2D eigenvalue weighted by Crippen LogP contribution is -2.50. The zero-order valence-corrected chi connectivity index (χ0v) is 12.9. The number of halogens is 3. The van der Waals surface area contributed by atoms with Crippen LogP contribution in [0.5, 0.6) is 0 Å². The van der Waals surface area contributed by atoms with E-state index in [-0.39, 0.29) is 31.8 Å². The normalized spacial score (nSPS) is 17.7. The van der Waals surface area contributed by atoms with Gasteiger partial charge in [0.1, 0.15) is 5.60 Å². The SMILES string of the molecule is O=C(c1ccnc2cc(Cl)ccc12)N1CCC(O)(C(F)F)CC1. The van der Waals surface area contributed by atoms with Crippen LogP contribution in [0.1, 0.15) is 23.2 Å². The Morgan fingerprint density at radius 2 is 2.00 bits per heavy atom. The van der Waals surface area contributed by atoms with E-state index in [4.69, 9.17) is 11.6 Å². The average Bonchev–Trinajstić information content (AvgIpc) is 2.54. The highest BCUT2D eigenvalue weighted by molar-refractivity contribution is 6.31. The first-order valence-electron chi connectivity index (χ1n) is 7.25. The average molecular weight is 341 g/mol. The molecule has 1 amide bonds. The molecule has 0 saturated carbocycles. The molecule has 3 rings (SSSR count). The molecule has 1 aromatic carbocycles. The van der Waals surface area contributed by atoms with E-state index >= 15 is 0 Å². The van der Waals surface area contributed by atoms with Crippen molar-refractivity contribution in [3.63, 3.8) is 0 Å². The molecule has 1 aromatic heterocycles. The minimum atomic E-state index is -2.80. The van der Waals surface area contributed by atoms with E-state index in [1.165, 1.54) is 11.1 Å². The van der Waals surface area contributed by atoms with Gasteiger partial charge in [-0.15, -0.1) is 0 Å². The fraction of sp³-hybridized carbons (Fsp3) is 0.375. The van der Waals surface area contributed by atoms with Crippen LogP contribution in [0.2, 0.25) is 5.02 Å². The lowest BCUT2D eigenvalue weighted by atomic mass is 9.91.